The number of aromatic nitrogens is 3. The molecule has 0 aliphatic rings. The van der Waals surface area contributed by atoms with Crippen molar-refractivity contribution in [2.75, 3.05) is 0 Å². The van der Waals surface area contributed by atoms with Gasteiger partial charge in [-0.05, 0) is 25.2 Å². The molecule has 0 saturated heterocycles. The minimum atomic E-state index is -0.605. The van der Waals surface area contributed by atoms with Gasteiger partial charge in [-0.3, -0.25) is 20.0 Å². The van der Waals surface area contributed by atoms with E-state index in [1.54, 1.807) is 0 Å². The van der Waals surface area contributed by atoms with Crippen molar-refractivity contribution in [3.8, 4) is 5.75 Å². The molecule has 21 heavy (non-hydrogen) atoms. The number of aryl methyl sites for hydroxylation is 1. The molecule has 0 bridgehead atoms. The summed E-state index contributed by atoms with van der Waals surface area (Å²) in [5.74, 6) is -0.210. The molecule has 0 fully saturated rings. The van der Waals surface area contributed by atoms with E-state index in [4.69, 9.17) is 12.2 Å². The van der Waals surface area contributed by atoms with Gasteiger partial charge in [0, 0.05) is 17.7 Å². The highest BCUT2D eigenvalue weighted by atomic mass is 32.1. The number of hydrogen-bond donors (Lipinski definition) is 2. The molecule has 1 heterocycles. The Balaban J connectivity index is 2.50. The van der Waals surface area contributed by atoms with Crippen LogP contribution >= 0.6 is 12.2 Å². The van der Waals surface area contributed by atoms with Crippen molar-refractivity contribution in [3.05, 3.63) is 54.7 Å². The molecule has 0 radical (unpaired) electrons. The number of H-pyrrole nitrogens is 1. The second-order valence-corrected chi connectivity index (χ2v) is 4.36. The Morgan fingerprint density at radius 3 is 2.95 bits per heavy atom. The number of rotatable bonds is 3. The molecule has 0 aliphatic carbocycles. The summed E-state index contributed by atoms with van der Waals surface area (Å²) in [6.07, 6.45) is 1.10. The number of non-ortho nitro benzene ring substituents is 1. The lowest BCUT2D eigenvalue weighted by atomic mass is 10.2. The maximum atomic E-state index is 11.8. The Labute approximate surface area is 122 Å². The van der Waals surface area contributed by atoms with Gasteiger partial charge in [0.2, 0.25) is 4.77 Å². The molecule has 10 heteroatoms. The number of phenolic OH excluding ortho intramolecular Hbond substituents is 1. The summed E-state index contributed by atoms with van der Waals surface area (Å²) < 4.78 is 0.836. The zero-order chi connectivity index (χ0) is 15.6. The smallest absolute Gasteiger partial charge is 0.296 e. The normalized spacial score (nSPS) is 10.9. The molecule has 2 rings (SSSR count). The Morgan fingerprint density at radius 2 is 2.29 bits per heavy atom. The zero-order valence-electron chi connectivity index (χ0n) is 10.7. The molecule has 2 aromatic rings. The van der Waals surface area contributed by atoms with E-state index >= 15 is 0 Å². The first-order chi connectivity index (χ1) is 9.90. The average Bonchev–Trinajstić information content (AvgIpc) is 2.44. The first-order valence-corrected chi connectivity index (χ1v) is 6.01. The Kier molecular flexibility index (Phi) is 3.89. The van der Waals surface area contributed by atoms with Crippen LogP contribution in [0.5, 0.6) is 5.75 Å². The van der Waals surface area contributed by atoms with Gasteiger partial charge >= 0.3 is 0 Å². The van der Waals surface area contributed by atoms with Gasteiger partial charge in [-0.15, -0.1) is 0 Å². The molecule has 2 N–H and O–H groups in total. The molecule has 1 aromatic carbocycles. The van der Waals surface area contributed by atoms with Crippen molar-refractivity contribution in [1.29, 1.82) is 0 Å². The van der Waals surface area contributed by atoms with Crippen LogP contribution in [-0.2, 0) is 0 Å². The van der Waals surface area contributed by atoms with Crippen molar-refractivity contribution in [1.82, 2.24) is 14.9 Å². The van der Waals surface area contributed by atoms with E-state index < -0.39 is 10.5 Å². The van der Waals surface area contributed by atoms with Gasteiger partial charge in [-0.25, -0.2) is 0 Å². The van der Waals surface area contributed by atoms with Crippen LogP contribution in [0.1, 0.15) is 11.3 Å². The third kappa shape index (κ3) is 3.00. The van der Waals surface area contributed by atoms with Crippen LogP contribution in [0.4, 0.5) is 5.69 Å². The molecular weight excluding hydrogens is 298 g/mol. The van der Waals surface area contributed by atoms with E-state index in [1.165, 1.54) is 13.0 Å². The van der Waals surface area contributed by atoms with Crippen molar-refractivity contribution < 1.29 is 10.0 Å². The highest BCUT2D eigenvalue weighted by molar-refractivity contribution is 7.71. The lowest BCUT2D eigenvalue weighted by Crippen LogP contribution is -2.22. The molecule has 1 aromatic heterocycles. The van der Waals surface area contributed by atoms with Crippen LogP contribution in [-0.4, -0.2) is 31.1 Å². The summed E-state index contributed by atoms with van der Waals surface area (Å²) in [6, 6.07) is 3.45. The van der Waals surface area contributed by atoms with Gasteiger partial charge in [-0.2, -0.15) is 14.9 Å². The molecule has 0 unspecified atom stereocenters. The average molecular weight is 307 g/mol. The van der Waals surface area contributed by atoms with Gasteiger partial charge in [-0.1, -0.05) is 0 Å². The molecule has 0 spiro atoms. The van der Waals surface area contributed by atoms with Crippen LogP contribution in [0, 0.1) is 21.8 Å². The number of benzene rings is 1. The van der Waals surface area contributed by atoms with E-state index in [9.17, 15) is 20.0 Å². The van der Waals surface area contributed by atoms with Crippen LogP contribution in [0.3, 0.4) is 0 Å². The van der Waals surface area contributed by atoms with Gasteiger partial charge in [0.05, 0.1) is 11.1 Å². The van der Waals surface area contributed by atoms with Gasteiger partial charge < -0.3 is 5.11 Å². The van der Waals surface area contributed by atoms with Crippen molar-refractivity contribution in [3.63, 3.8) is 0 Å². The summed E-state index contributed by atoms with van der Waals surface area (Å²) in [7, 11) is 0. The number of nitro groups is 1. The standard InChI is InChI=1S/C11H9N5O4S/c1-6-10(18)15(11(21)14-13-6)12-5-7-4-8(16(19)20)2-3-9(7)17/h2-5,17H,1H3,(H,14,21)/b12-5+. The lowest BCUT2D eigenvalue weighted by Gasteiger charge is -2.00. The maximum absolute atomic E-state index is 11.8. The SMILES string of the molecule is Cc1n[nH]c(=S)n(/N=C/c2cc([N+](=O)[O-])ccc2O)c1=O. The fourth-order valence-corrected chi connectivity index (χ4v) is 1.63. The van der Waals surface area contributed by atoms with Crippen LogP contribution < -0.4 is 5.56 Å². The molecule has 0 saturated carbocycles. The van der Waals surface area contributed by atoms with Gasteiger partial charge in [0.15, 0.2) is 0 Å². The first-order valence-electron chi connectivity index (χ1n) is 5.60. The second-order valence-electron chi connectivity index (χ2n) is 3.98. The predicted octanol–water partition coefficient (Wildman–Crippen LogP) is 1.11. The number of nitrogens with zero attached hydrogens (tertiary/aromatic N) is 4. The van der Waals surface area contributed by atoms with E-state index in [0.29, 0.717) is 0 Å². The summed E-state index contributed by atoms with van der Waals surface area (Å²) in [5, 5.41) is 30.3. The minimum absolute atomic E-state index is 0.0354. The largest absolute Gasteiger partial charge is 0.507 e. The Bertz CT molecular complexity index is 854. The van der Waals surface area contributed by atoms with Crippen molar-refractivity contribution in [2.24, 2.45) is 5.10 Å². The number of phenols is 1. The number of aromatic hydroxyl groups is 1. The molecule has 0 atom stereocenters. The van der Waals surface area contributed by atoms with Gasteiger partial charge in [0.25, 0.3) is 11.2 Å². The number of nitrogens with one attached hydrogen (secondary N) is 1. The fourth-order valence-electron chi connectivity index (χ4n) is 1.46. The monoisotopic (exact) mass is 307 g/mol. The quantitative estimate of drug-likeness (QED) is 0.378. The predicted molar refractivity (Wildman–Crippen MR) is 76.2 cm³/mol. The van der Waals surface area contributed by atoms with Gasteiger partial charge in [0.1, 0.15) is 11.4 Å². The Morgan fingerprint density at radius 1 is 1.57 bits per heavy atom. The summed E-state index contributed by atoms with van der Waals surface area (Å²) in [6.45, 7) is 1.48. The zero-order valence-corrected chi connectivity index (χ0v) is 11.5. The molecule has 0 aliphatic heterocycles. The lowest BCUT2D eigenvalue weighted by molar-refractivity contribution is -0.384. The Hall–Kier alpha value is -2.88. The molecule has 9 nitrogen and oxygen atoms in total. The van der Waals surface area contributed by atoms with E-state index in [-0.39, 0.29) is 27.5 Å². The first kappa shape index (κ1) is 14.5. The molecular formula is C11H9N5O4S. The third-order valence-corrected chi connectivity index (χ3v) is 2.81. The highest BCUT2D eigenvalue weighted by Crippen LogP contribution is 2.21. The van der Waals surface area contributed by atoms with E-state index in [0.717, 1.165) is 23.0 Å². The van der Waals surface area contributed by atoms with Crippen LogP contribution in [0.2, 0.25) is 0 Å². The van der Waals surface area contributed by atoms with Crippen LogP contribution in [0.25, 0.3) is 0 Å². The van der Waals surface area contributed by atoms with E-state index in [1.807, 2.05) is 0 Å². The van der Waals surface area contributed by atoms with E-state index in [2.05, 4.69) is 15.3 Å². The molecule has 0 amide bonds. The minimum Gasteiger partial charge on any atom is -0.507 e. The van der Waals surface area contributed by atoms with Crippen molar-refractivity contribution >= 4 is 24.1 Å². The summed E-state index contributed by atoms with van der Waals surface area (Å²) in [5.41, 5.74) is -0.499. The third-order valence-electron chi connectivity index (χ3n) is 2.55. The second kappa shape index (κ2) is 5.63. The maximum Gasteiger partial charge on any atom is 0.296 e. The van der Waals surface area contributed by atoms with Crippen LogP contribution in [0.15, 0.2) is 28.1 Å². The van der Waals surface area contributed by atoms with Crippen molar-refractivity contribution in [2.45, 2.75) is 6.92 Å². The topological polar surface area (TPSA) is 126 Å². The summed E-state index contributed by atoms with van der Waals surface area (Å²) in [4.78, 5) is 21.9. The summed E-state index contributed by atoms with van der Waals surface area (Å²) >= 11 is 4.88. The number of aromatic amines is 1. The fraction of sp³-hybridized carbons (Fsp3) is 0.0909. The highest BCUT2D eigenvalue weighted by Gasteiger charge is 2.09. The number of hydrogen-bond acceptors (Lipinski definition) is 7. The molecule has 108 valence electrons. The number of nitro benzene ring substituents is 1.